The van der Waals surface area contributed by atoms with Crippen LogP contribution in [0.15, 0.2) is 35.4 Å². The number of nitrogens with zero attached hydrogens (tertiary/aromatic N) is 1. The molecule has 0 saturated carbocycles. The average Bonchev–Trinajstić information content (AvgIpc) is 2.44. The summed E-state index contributed by atoms with van der Waals surface area (Å²) < 4.78 is 40.3. The summed E-state index contributed by atoms with van der Waals surface area (Å²) in [6.07, 6.45) is 1.37. The van der Waals surface area contributed by atoms with E-state index in [2.05, 4.69) is 9.71 Å². The molecule has 0 radical (unpaired) electrons. The summed E-state index contributed by atoms with van der Waals surface area (Å²) in [4.78, 5) is 3.49. The van der Waals surface area contributed by atoms with Gasteiger partial charge in [-0.25, -0.2) is 17.8 Å². The van der Waals surface area contributed by atoms with Gasteiger partial charge in [-0.1, -0.05) is 23.2 Å². The number of sulfonamides is 1. The highest BCUT2D eigenvalue weighted by molar-refractivity contribution is 7.92. The largest absolute Gasteiger partial charge is 0.326 e. The van der Waals surface area contributed by atoms with E-state index < -0.39 is 15.8 Å². The van der Waals surface area contributed by atoms with Crippen molar-refractivity contribution in [3.8, 4) is 0 Å². The van der Waals surface area contributed by atoms with Crippen molar-refractivity contribution >= 4 is 39.0 Å². The van der Waals surface area contributed by atoms with Crippen LogP contribution in [-0.4, -0.2) is 13.4 Å². The number of pyridine rings is 1. The maximum absolute atomic E-state index is 13.7. The highest BCUT2D eigenvalue weighted by Crippen LogP contribution is 2.26. The normalized spacial score (nSPS) is 11.4. The molecule has 0 aliphatic carbocycles. The zero-order valence-corrected chi connectivity index (χ0v) is 12.8. The van der Waals surface area contributed by atoms with Crippen molar-refractivity contribution in [1.82, 2.24) is 4.98 Å². The van der Waals surface area contributed by atoms with Gasteiger partial charge in [-0.05, 0) is 29.8 Å². The zero-order chi connectivity index (χ0) is 15.6. The number of halogens is 3. The topological polar surface area (TPSA) is 85.1 Å². The summed E-state index contributed by atoms with van der Waals surface area (Å²) in [5, 5.41) is -0.0816. The van der Waals surface area contributed by atoms with Crippen LogP contribution >= 0.6 is 23.2 Å². The molecule has 0 amide bonds. The van der Waals surface area contributed by atoms with E-state index in [1.807, 2.05) is 0 Å². The van der Waals surface area contributed by atoms with Crippen LogP contribution in [0.3, 0.4) is 0 Å². The highest BCUT2D eigenvalue weighted by atomic mass is 35.5. The molecule has 0 saturated heterocycles. The van der Waals surface area contributed by atoms with E-state index in [4.69, 9.17) is 28.9 Å². The molecular weight excluding hydrogens is 340 g/mol. The average molecular weight is 350 g/mol. The zero-order valence-electron chi connectivity index (χ0n) is 10.5. The van der Waals surface area contributed by atoms with E-state index in [-0.39, 0.29) is 32.9 Å². The molecule has 21 heavy (non-hydrogen) atoms. The fraction of sp³-hybridized carbons (Fsp3) is 0.0833. The van der Waals surface area contributed by atoms with E-state index >= 15 is 0 Å². The first-order chi connectivity index (χ1) is 9.85. The lowest BCUT2D eigenvalue weighted by atomic mass is 10.2. The van der Waals surface area contributed by atoms with Crippen LogP contribution in [0.5, 0.6) is 0 Å². The Bertz CT molecular complexity index is 784. The molecule has 0 spiro atoms. The predicted octanol–water partition coefficient (Wildman–Crippen LogP) is 2.79. The Morgan fingerprint density at radius 3 is 2.67 bits per heavy atom. The molecule has 1 aromatic heterocycles. The number of aromatic nitrogens is 1. The second kappa shape index (κ2) is 6.15. The van der Waals surface area contributed by atoms with E-state index in [1.54, 1.807) is 6.07 Å². The van der Waals surface area contributed by atoms with Gasteiger partial charge >= 0.3 is 0 Å². The first-order valence-corrected chi connectivity index (χ1v) is 7.90. The van der Waals surface area contributed by atoms with Gasteiger partial charge in [0.25, 0.3) is 10.0 Å². The number of anilines is 1. The Hall–Kier alpha value is -1.41. The molecule has 2 aromatic rings. The molecular formula is C12H10Cl2FN3O2S. The van der Waals surface area contributed by atoms with E-state index in [1.165, 1.54) is 18.3 Å². The Morgan fingerprint density at radius 2 is 2.05 bits per heavy atom. The third-order valence-electron chi connectivity index (χ3n) is 2.60. The first kappa shape index (κ1) is 16.0. The van der Waals surface area contributed by atoms with Crippen molar-refractivity contribution in [3.63, 3.8) is 0 Å². The molecule has 5 nitrogen and oxygen atoms in total. The molecule has 0 aliphatic heterocycles. The number of hydrogen-bond acceptors (Lipinski definition) is 4. The quantitative estimate of drug-likeness (QED) is 0.888. The number of hydrogen-bond donors (Lipinski definition) is 2. The van der Waals surface area contributed by atoms with Gasteiger partial charge in [0.15, 0.2) is 5.82 Å². The van der Waals surface area contributed by atoms with Crippen LogP contribution in [0.1, 0.15) is 5.56 Å². The fourth-order valence-electron chi connectivity index (χ4n) is 1.57. The molecule has 0 aliphatic rings. The lowest BCUT2D eigenvalue weighted by Crippen LogP contribution is -2.15. The summed E-state index contributed by atoms with van der Waals surface area (Å²) in [5.74, 6) is -0.920. The standard InChI is InChI=1S/C12H10Cl2FN3O2S/c13-9-2-1-3-17-12(9)18-21(19,20)8-4-7(6-16)11(14)10(15)5-8/h1-5H,6,16H2,(H,17,18). The van der Waals surface area contributed by atoms with Gasteiger partial charge in [0.1, 0.15) is 5.82 Å². The summed E-state index contributed by atoms with van der Waals surface area (Å²) in [5.41, 5.74) is 5.59. The van der Waals surface area contributed by atoms with Crippen molar-refractivity contribution in [2.75, 3.05) is 4.72 Å². The van der Waals surface area contributed by atoms with Gasteiger partial charge < -0.3 is 5.73 Å². The van der Waals surface area contributed by atoms with Gasteiger partial charge in [-0.2, -0.15) is 0 Å². The van der Waals surface area contributed by atoms with Crippen molar-refractivity contribution in [2.24, 2.45) is 5.73 Å². The van der Waals surface area contributed by atoms with Gasteiger partial charge in [0, 0.05) is 12.7 Å². The van der Waals surface area contributed by atoms with E-state index in [9.17, 15) is 12.8 Å². The highest BCUT2D eigenvalue weighted by Gasteiger charge is 2.20. The molecule has 0 bridgehead atoms. The minimum atomic E-state index is -4.06. The van der Waals surface area contributed by atoms with Crippen LogP contribution < -0.4 is 10.5 Å². The molecule has 2 rings (SSSR count). The molecule has 0 unspecified atom stereocenters. The number of rotatable bonds is 4. The predicted molar refractivity (Wildman–Crippen MR) is 79.4 cm³/mol. The number of benzene rings is 1. The van der Waals surface area contributed by atoms with Crippen LogP contribution in [0.2, 0.25) is 10.0 Å². The van der Waals surface area contributed by atoms with E-state index in [0.29, 0.717) is 0 Å². The van der Waals surface area contributed by atoms with Crippen LogP contribution in [-0.2, 0) is 16.6 Å². The molecule has 3 N–H and O–H groups in total. The van der Waals surface area contributed by atoms with Gasteiger partial charge in [-0.15, -0.1) is 0 Å². The maximum atomic E-state index is 13.7. The molecule has 0 atom stereocenters. The second-order valence-corrected chi connectivity index (χ2v) is 6.49. The molecule has 1 heterocycles. The van der Waals surface area contributed by atoms with Crippen molar-refractivity contribution in [3.05, 3.63) is 51.9 Å². The van der Waals surface area contributed by atoms with Crippen LogP contribution in [0.4, 0.5) is 10.2 Å². The summed E-state index contributed by atoms with van der Waals surface area (Å²) in [6, 6.07) is 5.03. The second-order valence-electron chi connectivity index (χ2n) is 4.02. The maximum Gasteiger partial charge on any atom is 0.263 e. The fourth-order valence-corrected chi connectivity index (χ4v) is 3.07. The number of nitrogens with two attached hydrogens (primary N) is 1. The van der Waals surface area contributed by atoms with Crippen molar-refractivity contribution < 1.29 is 12.8 Å². The van der Waals surface area contributed by atoms with Crippen LogP contribution in [0, 0.1) is 5.82 Å². The Morgan fingerprint density at radius 1 is 1.33 bits per heavy atom. The lowest BCUT2D eigenvalue weighted by Gasteiger charge is -2.11. The minimum Gasteiger partial charge on any atom is -0.326 e. The third-order valence-corrected chi connectivity index (χ3v) is 4.64. The van der Waals surface area contributed by atoms with Crippen molar-refractivity contribution in [2.45, 2.75) is 11.4 Å². The van der Waals surface area contributed by atoms with Gasteiger partial charge in [0.2, 0.25) is 0 Å². The smallest absolute Gasteiger partial charge is 0.263 e. The van der Waals surface area contributed by atoms with Gasteiger partial charge in [0.05, 0.1) is 14.9 Å². The number of nitrogens with one attached hydrogen (secondary N) is 1. The van der Waals surface area contributed by atoms with Gasteiger partial charge in [-0.3, -0.25) is 4.72 Å². The van der Waals surface area contributed by atoms with Crippen LogP contribution in [0.25, 0.3) is 0 Å². The summed E-state index contributed by atoms with van der Waals surface area (Å²) in [6.45, 7) is -0.0938. The molecule has 112 valence electrons. The first-order valence-electron chi connectivity index (χ1n) is 5.66. The SMILES string of the molecule is NCc1cc(S(=O)(=O)Nc2ncccc2Cl)cc(F)c1Cl. The summed E-state index contributed by atoms with van der Waals surface area (Å²) in [7, 11) is -4.06. The minimum absolute atomic E-state index is 0.0520. The van der Waals surface area contributed by atoms with Crippen molar-refractivity contribution in [1.29, 1.82) is 0 Å². The summed E-state index contributed by atoms with van der Waals surface area (Å²) >= 11 is 11.5. The Labute approximate surface area is 130 Å². The third kappa shape index (κ3) is 3.44. The molecule has 9 heteroatoms. The Balaban J connectivity index is 2.45. The Kier molecular flexibility index (Phi) is 4.67. The molecule has 1 aromatic carbocycles. The molecule has 0 fully saturated rings. The monoisotopic (exact) mass is 349 g/mol. The lowest BCUT2D eigenvalue weighted by molar-refractivity contribution is 0.594. The van der Waals surface area contributed by atoms with E-state index in [0.717, 1.165) is 6.07 Å².